The molecule has 1 unspecified atom stereocenters. The van der Waals surface area contributed by atoms with Crippen LogP contribution in [0, 0.1) is 0 Å². The van der Waals surface area contributed by atoms with Crippen molar-refractivity contribution in [1.82, 2.24) is 24.9 Å². The third-order valence-electron chi connectivity index (χ3n) is 6.77. The number of ether oxygens (including phenoxy) is 1. The van der Waals surface area contributed by atoms with Crippen LogP contribution in [0.4, 0.5) is 5.82 Å². The molecule has 3 atom stereocenters. The van der Waals surface area contributed by atoms with Gasteiger partial charge in [0.2, 0.25) is 11.8 Å². The van der Waals surface area contributed by atoms with E-state index in [-0.39, 0.29) is 36.1 Å². The third kappa shape index (κ3) is 3.97. The number of amides is 4. The van der Waals surface area contributed by atoms with Crippen molar-refractivity contribution in [2.75, 3.05) is 19.4 Å². The Morgan fingerprint density at radius 2 is 1.94 bits per heavy atom. The van der Waals surface area contributed by atoms with E-state index in [0.717, 1.165) is 23.4 Å². The number of aromatic nitrogens is 2. The number of fused-ring (bicyclic) bond motifs is 1. The second kappa shape index (κ2) is 8.65. The van der Waals surface area contributed by atoms with Gasteiger partial charge in [-0.25, -0.2) is 0 Å². The van der Waals surface area contributed by atoms with Crippen LogP contribution >= 0.6 is 0 Å². The number of carbonyl (C=O) groups excluding carboxylic acids is 4. The smallest absolute Gasteiger partial charge is 0.262 e. The number of benzene rings is 1. The number of nitrogen functional groups attached to an aromatic ring is 1. The van der Waals surface area contributed by atoms with Crippen LogP contribution in [0.3, 0.4) is 0 Å². The number of nitrogens with two attached hydrogens (primary N) is 1. The predicted molar refractivity (Wildman–Crippen MR) is 119 cm³/mol. The average molecular weight is 466 g/mol. The van der Waals surface area contributed by atoms with Gasteiger partial charge in [-0.2, -0.15) is 5.10 Å². The molecule has 11 nitrogen and oxygen atoms in total. The first kappa shape index (κ1) is 22.2. The van der Waals surface area contributed by atoms with Crippen LogP contribution in [-0.2, 0) is 27.4 Å². The molecule has 3 N–H and O–H groups in total. The van der Waals surface area contributed by atoms with Gasteiger partial charge in [-0.1, -0.05) is 6.07 Å². The molecule has 3 aliphatic rings. The van der Waals surface area contributed by atoms with Gasteiger partial charge in [0.05, 0.1) is 23.8 Å². The summed E-state index contributed by atoms with van der Waals surface area (Å²) >= 11 is 0. The molecule has 2 saturated heterocycles. The highest BCUT2D eigenvalue weighted by Crippen LogP contribution is 2.30. The minimum atomic E-state index is -0.972. The second-order valence-electron chi connectivity index (χ2n) is 8.97. The number of anilines is 1. The summed E-state index contributed by atoms with van der Waals surface area (Å²) in [6, 6.07) is 6.15. The van der Waals surface area contributed by atoms with Crippen LogP contribution in [0.2, 0.25) is 0 Å². The SMILES string of the molecule is CO[C@@H]1C[C@@H](Cn2ccc(N)n2)N(Cc2ccc3c(c2)C(=O)N(C2CCC(=O)NC2=O)C3=O)C1. The van der Waals surface area contributed by atoms with Crippen LogP contribution in [0.15, 0.2) is 30.5 Å². The molecule has 0 saturated carbocycles. The number of imide groups is 2. The Bertz CT molecular complexity index is 1180. The van der Waals surface area contributed by atoms with Gasteiger partial charge < -0.3 is 10.5 Å². The minimum absolute atomic E-state index is 0.0820. The average Bonchev–Trinajstić information content (AvgIpc) is 3.46. The summed E-state index contributed by atoms with van der Waals surface area (Å²) in [5, 5.41) is 6.49. The predicted octanol–water partition coefficient (Wildman–Crippen LogP) is 0.156. The molecule has 1 aromatic heterocycles. The first-order chi connectivity index (χ1) is 16.3. The fourth-order valence-corrected chi connectivity index (χ4v) is 5.04. The van der Waals surface area contributed by atoms with E-state index >= 15 is 0 Å². The molecule has 0 radical (unpaired) electrons. The van der Waals surface area contributed by atoms with E-state index in [9.17, 15) is 19.2 Å². The summed E-state index contributed by atoms with van der Waals surface area (Å²) in [6.07, 6.45) is 2.99. The number of piperidine rings is 1. The van der Waals surface area contributed by atoms with Crippen LogP contribution in [0.1, 0.15) is 45.5 Å². The highest BCUT2D eigenvalue weighted by atomic mass is 16.5. The first-order valence-corrected chi connectivity index (χ1v) is 11.2. The van der Waals surface area contributed by atoms with Gasteiger partial charge in [-0.15, -0.1) is 0 Å². The first-order valence-electron chi connectivity index (χ1n) is 11.2. The maximum Gasteiger partial charge on any atom is 0.262 e. The van der Waals surface area contributed by atoms with E-state index in [2.05, 4.69) is 15.3 Å². The third-order valence-corrected chi connectivity index (χ3v) is 6.77. The molecule has 4 amide bonds. The Kier molecular flexibility index (Phi) is 5.66. The molecule has 178 valence electrons. The van der Waals surface area contributed by atoms with Crippen molar-refractivity contribution in [1.29, 1.82) is 0 Å². The molecule has 11 heteroatoms. The number of hydrogen-bond donors (Lipinski definition) is 2. The standard InChI is InChI=1S/C23H26N6O5/c1-34-15-9-14(11-28-7-6-19(24)26-28)27(12-15)10-13-2-3-16-17(8-13)23(33)29(22(16)32)18-4-5-20(30)25-21(18)31/h2-3,6-8,14-15,18H,4-5,9-12H2,1H3,(H2,24,26)(H,25,30,31)/t14-,15+,18?/m0/s1. The summed E-state index contributed by atoms with van der Waals surface area (Å²) in [5.41, 5.74) is 7.19. The van der Waals surface area contributed by atoms with E-state index in [0.29, 0.717) is 18.9 Å². The second-order valence-corrected chi connectivity index (χ2v) is 8.97. The molecule has 0 bridgehead atoms. The number of methoxy groups -OCH3 is 1. The molecule has 34 heavy (non-hydrogen) atoms. The highest BCUT2D eigenvalue weighted by molar-refractivity contribution is 6.23. The van der Waals surface area contributed by atoms with E-state index in [1.807, 2.05) is 16.9 Å². The number of nitrogens with one attached hydrogen (secondary N) is 1. The van der Waals surface area contributed by atoms with E-state index in [4.69, 9.17) is 10.5 Å². The summed E-state index contributed by atoms with van der Waals surface area (Å²) in [4.78, 5) is 53.0. The number of nitrogens with zero attached hydrogens (tertiary/aromatic N) is 4. The fourth-order valence-electron chi connectivity index (χ4n) is 5.04. The van der Waals surface area contributed by atoms with Crippen molar-refractivity contribution in [2.24, 2.45) is 0 Å². The van der Waals surface area contributed by atoms with Crippen molar-refractivity contribution >= 4 is 29.4 Å². The zero-order chi connectivity index (χ0) is 24.0. The molecule has 2 fully saturated rings. The van der Waals surface area contributed by atoms with E-state index < -0.39 is 29.7 Å². The normalized spacial score (nSPS) is 25.2. The van der Waals surface area contributed by atoms with Crippen LogP contribution < -0.4 is 11.1 Å². The van der Waals surface area contributed by atoms with Crippen molar-refractivity contribution in [3.05, 3.63) is 47.2 Å². The number of rotatable bonds is 6. The number of likely N-dealkylation sites (tertiary alicyclic amines) is 1. The van der Waals surface area contributed by atoms with E-state index in [1.165, 1.54) is 0 Å². The zero-order valence-electron chi connectivity index (χ0n) is 18.8. The van der Waals surface area contributed by atoms with Gasteiger partial charge in [0.25, 0.3) is 11.8 Å². The van der Waals surface area contributed by atoms with E-state index in [1.54, 1.807) is 25.3 Å². The Morgan fingerprint density at radius 3 is 2.65 bits per heavy atom. The van der Waals surface area contributed by atoms with Gasteiger partial charge in [0, 0.05) is 38.9 Å². The lowest BCUT2D eigenvalue weighted by Crippen LogP contribution is -2.54. The largest absolute Gasteiger partial charge is 0.382 e. The molecule has 2 aromatic rings. The van der Waals surface area contributed by atoms with Gasteiger partial charge in [0.15, 0.2) is 0 Å². The monoisotopic (exact) mass is 466 g/mol. The maximum absolute atomic E-state index is 13.1. The fraction of sp³-hybridized carbons (Fsp3) is 0.435. The van der Waals surface area contributed by atoms with Gasteiger partial charge >= 0.3 is 0 Å². The minimum Gasteiger partial charge on any atom is -0.382 e. The van der Waals surface area contributed by atoms with Gasteiger partial charge in [-0.3, -0.25) is 39.0 Å². The Hall–Kier alpha value is -3.57. The number of carbonyl (C=O) groups is 4. The van der Waals surface area contributed by atoms with Crippen molar-refractivity contribution in [3.63, 3.8) is 0 Å². The Morgan fingerprint density at radius 1 is 1.15 bits per heavy atom. The number of hydrogen-bond acceptors (Lipinski definition) is 8. The molecule has 1 aromatic carbocycles. The van der Waals surface area contributed by atoms with Gasteiger partial charge in [0.1, 0.15) is 11.9 Å². The molecule has 3 aliphatic heterocycles. The molecule has 4 heterocycles. The van der Waals surface area contributed by atoms with Crippen LogP contribution in [-0.4, -0.2) is 75.1 Å². The van der Waals surface area contributed by atoms with Crippen molar-refractivity contribution in [3.8, 4) is 0 Å². The summed E-state index contributed by atoms with van der Waals surface area (Å²) in [5.74, 6) is -1.55. The topological polar surface area (TPSA) is 140 Å². The maximum atomic E-state index is 13.1. The van der Waals surface area contributed by atoms with Crippen molar-refractivity contribution in [2.45, 2.75) is 50.5 Å². The lowest BCUT2D eigenvalue weighted by molar-refractivity contribution is -0.136. The molecule has 5 rings (SSSR count). The quantitative estimate of drug-likeness (QED) is 0.574. The summed E-state index contributed by atoms with van der Waals surface area (Å²) in [7, 11) is 1.69. The zero-order valence-corrected chi connectivity index (χ0v) is 18.8. The molecule has 0 spiro atoms. The van der Waals surface area contributed by atoms with Gasteiger partial charge in [-0.05, 0) is 36.6 Å². The summed E-state index contributed by atoms with van der Waals surface area (Å²) < 4.78 is 7.41. The Balaban J connectivity index is 1.34. The molecular formula is C23H26N6O5. The highest BCUT2D eigenvalue weighted by Gasteiger charge is 2.44. The lowest BCUT2D eigenvalue weighted by Gasteiger charge is -2.27. The van der Waals surface area contributed by atoms with Crippen molar-refractivity contribution < 1.29 is 23.9 Å². The van der Waals surface area contributed by atoms with Crippen LogP contribution in [0.5, 0.6) is 0 Å². The molecular weight excluding hydrogens is 440 g/mol. The lowest BCUT2D eigenvalue weighted by atomic mass is 10.0. The van der Waals surface area contributed by atoms with Crippen LogP contribution in [0.25, 0.3) is 0 Å². The Labute approximate surface area is 195 Å². The molecule has 0 aliphatic carbocycles. The summed E-state index contributed by atoms with van der Waals surface area (Å²) in [6.45, 7) is 1.95.